The van der Waals surface area contributed by atoms with Gasteiger partial charge in [-0.15, -0.1) is 0 Å². The van der Waals surface area contributed by atoms with Gasteiger partial charge < -0.3 is 5.73 Å². The number of hydrogen-bond acceptors (Lipinski definition) is 5. The predicted octanol–water partition coefficient (Wildman–Crippen LogP) is 1.03. The van der Waals surface area contributed by atoms with Crippen LogP contribution in [0.2, 0.25) is 0 Å². The topological polar surface area (TPSA) is 102 Å². The molecule has 0 unspecified atom stereocenters. The van der Waals surface area contributed by atoms with Crippen molar-refractivity contribution < 1.29 is 8.42 Å². The van der Waals surface area contributed by atoms with Crippen molar-refractivity contribution in [2.45, 2.75) is 6.92 Å². The number of imidazole rings is 1. The molecule has 0 aliphatic rings. The van der Waals surface area contributed by atoms with Gasteiger partial charge in [-0.1, -0.05) is 18.2 Å². The summed E-state index contributed by atoms with van der Waals surface area (Å²) in [6.07, 6.45) is 4.29. The standard InChI is InChI=1S/C12H15N5O2S/c1-9-8-17(12(13)15-9)14-7-10-5-3-4-6-11(10)16-20(2,18)19/h3-8,16H,1-2H3,(H2,13,15). The summed E-state index contributed by atoms with van der Waals surface area (Å²) < 4.78 is 26.4. The molecular weight excluding hydrogens is 278 g/mol. The lowest BCUT2D eigenvalue weighted by Gasteiger charge is -2.06. The number of hydrogen-bond donors (Lipinski definition) is 2. The highest BCUT2D eigenvalue weighted by Crippen LogP contribution is 2.14. The second kappa shape index (κ2) is 5.33. The molecule has 0 aliphatic carbocycles. The van der Waals surface area contributed by atoms with E-state index in [9.17, 15) is 8.42 Å². The lowest BCUT2D eigenvalue weighted by Crippen LogP contribution is -2.11. The molecule has 0 aliphatic heterocycles. The van der Waals surface area contributed by atoms with E-state index >= 15 is 0 Å². The normalized spacial score (nSPS) is 11.9. The van der Waals surface area contributed by atoms with Crippen LogP contribution in [-0.4, -0.2) is 30.5 Å². The van der Waals surface area contributed by atoms with E-state index < -0.39 is 10.0 Å². The highest BCUT2D eigenvalue weighted by molar-refractivity contribution is 7.92. The van der Waals surface area contributed by atoms with Crippen LogP contribution in [0.5, 0.6) is 0 Å². The lowest BCUT2D eigenvalue weighted by atomic mass is 10.2. The first kappa shape index (κ1) is 14.1. The Morgan fingerprint density at radius 2 is 2.10 bits per heavy atom. The van der Waals surface area contributed by atoms with Gasteiger partial charge in [-0.3, -0.25) is 4.72 Å². The van der Waals surface area contributed by atoms with Gasteiger partial charge >= 0.3 is 0 Å². The van der Waals surface area contributed by atoms with E-state index in [1.807, 2.05) is 6.92 Å². The average Bonchev–Trinajstić information content (AvgIpc) is 2.65. The molecule has 0 radical (unpaired) electrons. The van der Waals surface area contributed by atoms with Gasteiger partial charge in [0.15, 0.2) is 0 Å². The second-order valence-corrected chi connectivity index (χ2v) is 6.04. The molecule has 0 amide bonds. The Kier molecular flexibility index (Phi) is 3.75. The zero-order chi connectivity index (χ0) is 14.8. The molecule has 1 aromatic heterocycles. The molecule has 0 saturated heterocycles. The Labute approximate surface area is 117 Å². The van der Waals surface area contributed by atoms with Gasteiger partial charge in [0.05, 0.1) is 30.0 Å². The highest BCUT2D eigenvalue weighted by atomic mass is 32.2. The van der Waals surface area contributed by atoms with Crippen molar-refractivity contribution in [2.75, 3.05) is 16.7 Å². The summed E-state index contributed by atoms with van der Waals surface area (Å²) in [4.78, 5) is 4.02. The SMILES string of the molecule is Cc1cn(N=Cc2ccccc2NS(C)(=O)=O)c(N)n1. The zero-order valence-electron chi connectivity index (χ0n) is 11.1. The molecular formula is C12H15N5O2S. The third kappa shape index (κ3) is 3.58. The summed E-state index contributed by atoms with van der Waals surface area (Å²) in [6.45, 7) is 1.81. The first-order valence-corrected chi connectivity index (χ1v) is 7.67. The van der Waals surface area contributed by atoms with Gasteiger partial charge in [-0.2, -0.15) is 5.10 Å². The molecule has 8 heteroatoms. The van der Waals surface area contributed by atoms with Crippen molar-refractivity contribution in [3.63, 3.8) is 0 Å². The third-order valence-corrected chi connectivity index (χ3v) is 3.00. The first-order chi connectivity index (χ1) is 9.35. The second-order valence-electron chi connectivity index (χ2n) is 4.29. The molecule has 7 nitrogen and oxygen atoms in total. The van der Waals surface area contributed by atoms with Crippen molar-refractivity contribution in [1.82, 2.24) is 9.66 Å². The number of nitrogen functional groups attached to an aromatic ring is 1. The highest BCUT2D eigenvalue weighted by Gasteiger charge is 2.05. The fourth-order valence-corrected chi connectivity index (χ4v) is 2.21. The minimum absolute atomic E-state index is 0.271. The summed E-state index contributed by atoms with van der Waals surface area (Å²) in [5.74, 6) is 0.271. The third-order valence-electron chi connectivity index (χ3n) is 2.41. The van der Waals surface area contributed by atoms with Gasteiger partial charge in [0.2, 0.25) is 16.0 Å². The number of benzene rings is 1. The van der Waals surface area contributed by atoms with Crippen LogP contribution in [-0.2, 0) is 10.0 Å². The van der Waals surface area contributed by atoms with Crippen LogP contribution >= 0.6 is 0 Å². The minimum Gasteiger partial charge on any atom is -0.368 e. The molecule has 1 heterocycles. The largest absolute Gasteiger partial charge is 0.368 e. The van der Waals surface area contributed by atoms with E-state index in [0.29, 0.717) is 11.3 Å². The number of aryl methyl sites for hydroxylation is 1. The van der Waals surface area contributed by atoms with Crippen molar-refractivity contribution in [1.29, 1.82) is 0 Å². The van der Waals surface area contributed by atoms with E-state index in [1.54, 1.807) is 30.5 Å². The summed E-state index contributed by atoms with van der Waals surface area (Å²) in [7, 11) is -3.34. The van der Waals surface area contributed by atoms with Crippen LogP contribution in [0, 0.1) is 6.92 Å². The molecule has 106 valence electrons. The van der Waals surface area contributed by atoms with Crippen molar-refractivity contribution in [3.05, 3.63) is 41.7 Å². The van der Waals surface area contributed by atoms with Gasteiger partial charge in [-0.25, -0.2) is 18.1 Å². The number of nitrogens with two attached hydrogens (primary N) is 1. The Morgan fingerprint density at radius 1 is 1.40 bits per heavy atom. The summed E-state index contributed by atoms with van der Waals surface area (Å²) in [6, 6.07) is 6.93. The molecule has 0 atom stereocenters. The zero-order valence-corrected chi connectivity index (χ0v) is 11.9. The fourth-order valence-electron chi connectivity index (χ4n) is 1.62. The van der Waals surface area contributed by atoms with Crippen molar-refractivity contribution in [3.8, 4) is 0 Å². The maximum atomic E-state index is 11.3. The number of aromatic nitrogens is 2. The Bertz CT molecular complexity index is 749. The van der Waals surface area contributed by atoms with E-state index in [1.165, 1.54) is 10.9 Å². The minimum atomic E-state index is -3.34. The lowest BCUT2D eigenvalue weighted by molar-refractivity contribution is 0.607. The van der Waals surface area contributed by atoms with E-state index in [4.69, 9.17) is 5.73 Å². The smallest absolute Gasteiger partial charge is 0.229 e. The number of rotatable bonds is 4. The molecule has 0 spiro atoms. The van der Waals surface area contributed by atoms with Gasteiger partial charge in [-0.05, 0) is 13.0 Å². The monoisotopic (exact) mass is 293 g/mol. The quantitative estimate of drug-likeness (QED) is 0.822. The van der Waals surface area contributed by atoms with Gasteiger partial charge in [0.1, 0.15) is 0 Å². The van der Waals surface area contributed by atoms with E-state index in [-0.39, 0.29) is 5.95 Å². The van der Waals surface area contributed by atoms with E-state index in [2.05, 4.69) is 14.8 Å². The van der Waals surface area contributed by atoms with Crippen molar-refractivity contribution in [2.24, 2.45) is 5.10 Å². The van der Waals surface area contributed by atoms with Crippen LogP contribution in [0.15, 0.2) is 35.6 Å². The fraction of sp³-hybridized carbons (Fsp3) is 0.167. The molecule has 0 fully saturated rings. The Morgan fingerprint density at radius 3 is 2.70 bits per heavy atom. The molecule has 3 N–H and O–H groups in total. The average molecular weight is 293 g/mol. The number of nitrogens with zero attached hydrogens (tertiary/aromatic N) is 3. The molecule has 20 heavy (non-hydrogen) atoms. The number of nitrogens with one attached hydrogen (secondary N) is 1. The van der Waals surface area contributed by atoms with Crippen LogP contribution < -0.4 is 10.5 Å². The molecule has 0 bridgehead atoms. The number of para-hydroxylation sites is 1. The van der Waals surface area contributed by atoms with Crippen LogP contribution in [0.4, 0.5) is 11.6 Å². The molecule has 2 rings (SSSR count). The number of sulfonamides is 1. The summed E-state index contributed by atoms with van der Waals surface area (Å²) in [5.41, 5.74) is 7.51. The summed E-state index contributed by atoms with van der Waals surface area (Å²) >= 11 is 0. The first-order valence-electron chi connectivity index (χ1n) is 5.78. The van der Waals surface area contributed by atoms with Crippen LogP contribution in [0.3, 0.4) is 0 Å². The van der Waals surface area contributed by atoms with E-state index in [0.717, 1.165) is 11.9 Å². The van der Waals surface area contributed by atoms with Crippen molar-refractivity contribution >= 4 is 27.9 Å². The molecule has 1 aromatic carbocycles. The molecule has 0 saturated carbocycles. The molecule has 2 aromatic rings. The van der Waals surface area contributed by atoms with Gasteiger partial charge in [0.25, 0.3) is 0 Å². The number of anilines is 2. The van der Waals surface area contributed by atoms with Gasteiger partial charge in [0, 0.05) is 5.56 Å². The van der Waals surface area contributed by atoms with Crippen LogP contribution in [0.25, 0.3) is 0 Å². The predicted molar refractivity (Wildman–Crippen MR) is 79.3 cm³/mol. The summed E-state index contributed by atoms with van der Waals surface area (Å²) in [5, 5.41) is 4.16. The Balaban J connectivity index is 2.32. The van der Waals surface area contributed by atoms with Crippen LogP contribution in [0.1, 0.15) is 11.3 Å². The Hall–Kier alpha value is -2.35. The maximum Gasteiger partial charge on any atom is 0.229 e. The maximum absolute atomic E-state index is 11.3.